The smallest absolute Gasteiger partial charge is 0.0863 e. The second-order valence-corrected chi connectivity index (χ2v) is 3.38. The first-order valence-corrected chi connectivity index (χ1v) is 4.68. The third kappa shape index (κ3) is 1.44. The van der Waals surface area contributed by atoms with Crippen molar-refractivity contribution in [1.82, 2.24) is 0 Å². The van der Waals surface area contributed by atoms with Crippen molar-refractivity contribution in [3.63, 3.8) is 0 Å². The van der Waals surface area contributed by atoms with Crippen LogP contribution in [0.3, 0.4) is 0 Å². The van der Waals surface area contributed by atoms with Gasteiger partial charge in [-0.05, 0) is 18.6 Å². The summed E-state index contributed by atoms with van der Waals surface area (Å²) in [5.41, 5.74) is 3.61. The molecule has 2 rings (SSSR count). The molecule has 0 fully saturated rings. The summed E-state index contributed by atoms with van der Waals surface area (Å²) in [4.78, 5) is 6.84. The van der Waals surface area contributed by atoms with E-state index in [4.69, 9.17) is 0 Å². The van der Waals surface area contributed by atoms with Gasteiger partial charge in [0, 0.05) is 12.8 Å². The standard InChI is InChI=1S/C11H14N2/c1-3-9-8-13(2)11-7-5-4-6-10(11)12-9/h4-7H,3,8H2,1-2H3. The first-order valence-electron chi connectivity index (χ1n) is 4.68. The molecule has 1 aromatic carbocycles. The lowest BCUT2D eigenvalue weighted by molar-refractivity contribution is 1.01. The third-order valence-electron chi connectivity index (χ3n) is 2.40. The molecule has 0 saturated heterocycles. The van der Waals surface area contributed by atoms with Crippen LogP contribution in [-0.4, -0.2) is 19.3 Å². The Morgan fingerprint density at radius 1 is 1.38 bits per heavy atom. The van der Waals surface area contributed by atoms with E-state index in [2.05, 4.69) is 42.1 Å². The summed E-state index contributed by atoms with van der Waals surface area (Å²) in [5, 5.41) is 0. The molecule has 0 atom stereocenters. The lowest BCUT2D eigenvalue weighted by Gasteiger charge is -2.26. The minimum absolute atomic E-state index is 0.966. The van der Waals surface area contributed by atoms with Crippen molar-refractivity contribution in [2.45, 2.75) is 13.3 Å². The quantitative estimate of drug-likeness (QED) is 0.639. The van der Waals surface area contributed by atoms with Crippen LogP contribution >= 0.6 is 0 Å². The second kappa shape index (κ2) is 3.21. The van der Waals surface area contributed by atoms with Gasteiger partial charge in [0.05, 0.1) is 17.9 Å². The Hall–Kier alpha value is -1.31. The minimum atomic E-state index is 0.966. The molecule has 0 amide bonds. The number of aliphatic imine (C=N–C) groups is 1. The number of nitrogens with zero attached hydrogens (tertiary/aromatic N) is 2. The summed E-state index contributed by atoms with van der Waals surface area (Å²) >= 11 is 0. The Labute approximate surface area is 78.9 Å². The van der Waals surface area contributed by atoms with E-state index in [0.717, 1.165) is 18.7 Å². The van der Waals surface area contributed by atoms with Gasteiger partial charge in [-0.3, -0.25) is 4.99 Å². The molecule has 1 heterocycles. The monoisotopic (exact) mass is 174 g/mol. The van der Waals surface area contributed by atoms with Crippen molar-refractivity contribution in [2.24, 2.45) is 4.99 Å². The van der Waals surface area contributed by atoms with Crippen LogP contribution in [0.2, 0.25) is 0 Å². The summed E-state index contributed by atoms with van der Waals surface area (Å²) in [7, 11) is 2.11. The van der Waals surface area contributed by atoms with Crippen molar-refractivity contribution in [2.75, 3.05) is 18.5 Å². The van der Waals surface area contributed by atoms with Gasteiger partial charge in [-0.15, -0.1) is 0 Å². The number of anilines is 1. The zero-order valence-electron chi connectivity index (χ0n) is 8.12. The van der Waals surface area contributed by atoms with Gasteiger partial charge in [-0.2, -0.15) is 0 Å². The highest BCUT2D eigenvalue weighted by Gasteiger charge is 2.13. The molecule has 0 radical (unpaired) electrons. The van der Waals surface area contributed by atoms with E-state index in [1.807, 2.05) is 6.07 Å². The van der Waals surface area contributed by atoms with E-state index in [1.165, 1.54) is 11.4 Å². The van der Waals surface area contributed by atoms with E-state index in [9.17, 15) is 0 Å². The van der Waals surface area contributed by atoms with Crippen LogP contribution in [0.1, 0.15) is 13.3 Å². The summed E-state index contributed by atoms with van der Waals surface area (Å²) in [6.45, 7) is 3.12. The van der Waals surface area contributed by atoms with Crippen LogP contribution < -0.4 is 4.90 Å². The molecule has 0 bridgehead atoms. The van der Waals surface area contributed by atoms with Crippen molar-refractivity contribution >= 4 is 17.1 Å². The first-order chi connectivity index (χ1) is 6.31. The first kappa shape index (κ1) is 8.30. The molecule has 0 unspecified atom stereocenters. The predicted octanol–water partition coefficient (Wildman–Crippen LogP) is 2.62. The average Bonchev–Trinajstić information content (AvgIpc) is 2.18. The molecule has 1 aromatic rings. The van der Waals surface area contributed by atoms with Crippen molar-refractivity contribution in [3.05, 3.63) is 24.3 Å². The third-order valence-corrected chi connectivity index (χ3v) is 2.40. The molecular weight excluding hydrogens is 160 g/mol. The van der Waals surface area contributed by atoms with Gasteiger partial charge in [0.15, 0.2) is 0 Å². The Bertz CT molecular complexity index is 342. The molecule has 13 heavy (non-hydrogen) atoms. The van der Waals surface area contributed by atoms with Crippen LogP contribution in [0.25, 0.3) is 0 Å². The second-order valence-electron chi connectivity index (χ2n) is 3.38. The number of fused-ring (bicyclic) bond motifs is 1. The summed E-state index contributed by atoms with van der Waals surface area (Å²) < 4.78 is 0. The van der Waals surface area contributed by atoms with Gasteiger partial charge in [0.1, 0.15) is 0 Å². The van der Waals surface area contributed by atoms with Gasteiger partial charge < -0.3 is 4.90 Å². The predicted molar refractivity (Wildman–Crippen MR) is 57.1 cm³/mol. The van der Waals surface area contributed by atoms with E-state index in [1.54, 1.807) is 0 Å². The fourth-order valence-corrected chi connectivity index (χ4v) is 1.64. The van der Waals surface area contributed by atoms with E-state index in [-0.39, 0.29) is 0 Å². The number of rotatable bonds is 1. The number of hydrogen-bond acceptors (Lipinski definition) is 2. The van der Waals surface area contributed by atoms with E-state index in [0.29, 0.717) is 0 Å². The van der Waals surface area contributed by atoms with Gasteiger partial charge in [-0.1, -0.05) is 19.1 Å². The highest BCUT2D eigenvalue weighted by molar-refractivity contribution is 5.95. The van der Waals surface area contributed by atoms with E-state index >= 15 is 0 Å². The Morgan fingerprint density at radius 3 is 2.92 bits per heavy atom. The fraction of sp³-hybridized carbons (Fsp3) is 0.364. The fourth-order valence-electron chi connectivity index (χ4n) is 1.64. The van der Waals surface area contributed by atoms with Gasteiger partial charge >= 0.3 is 0 Å². The van der Waals surface area contributed by atoms with Crippen molar-refractivity contribution < 1.29 is 0 Å². The van der Waals surface area contributed by atoms with Crippen molar-refractivity contribution in [1.29, 1.82) is 0 Å². The Balaban J connectivity index is 2.46. The zero-order valence-corrected chi connectivity index (χ0v) is 8.12. The molecule has 0 aromatic heterocycles. The molecule has 0 N–H and O–H groups in total. The normalized spacial score (nSPS) is 15.2. The molecule has 2 heteroatoms. The maximum absolute atomic E-state index is 4.59. The molecular formula is C11H14N2. The highest BCUT2D eigenvalue weighted by Crippen LogP contribution is 2.30. The molecule has 1 aliphatic heterocycles. The lowest BCUT2D eigenvalue weighted by atomic mass is 10.1. The van der Waals surface area contributed by atoms with Crippen LogP contribution in [0.15, 0.2) is 29.3 Å². The number of benzene rings is 1. The van der Waals surface area contributed by atoms with Crippen LogP contribution in [-0.2, 0) is 0 Å². The molecule has 2 nitrogen and oxygen atoms in total. The summed E-state index contributed by atoms with van der Waals surface area (Å²) in [5.74, 6) is 0. The topological polar surface area (TPSA) is 15.6 Å². The average molecular weight is 174 g/mol. The molecule has 0 saturated carbocycles. The molecule has 0 aliphatic carbocycles. The molecule has 1 aliphatic rings. The van der Waals surface area contributed by atoms with Gasteiger partial charge in [0.25, 0.3) is 0 Å². The number of hydrogen-bond donors (Lipinski definition) is 0. The van der Waals surface area contributed by atoms with Crippen LogP contribution in [0, 0.1) is 0 Å². The summed E-state index contributed by atoms with van der Waals surface area (Å²) in [6, 6.07) is 8.28. The van der Waals surface area contributed by atoms with Crippen LogP contribution in [0.4, 0.5) is 11.4 Å². The maximum atomic E-state index is 4.59. The zero-order chi connectivity index (χ0) is 9.26. The molecule has 0 spiro atoms. The largest absolute Gasteiger partial charge is 0.367 e. The Kier molecular flexibility index (Phi) is 2.05. The number of para-hydroxylation sites is 2. The minimum Gasteiger partial charge on any atom is -0.367 e. The highest BCUT2D eigenvalue weighted by atomic mass is 15.1. The van der Waals surface area contributed by atoms with Gasteiger partial charge in [-0.25, -0.2) is 0 Å². The van der Waals surface area contributed by atoms with Crippen LogP contribution in [0.5, 0.6) is 0 Å². The summed E-state index contributed by atoms with van der Waals surface area (Å²) in [6.07, 6.45) is 1.04. The van der Waals surface area contributed by atoms with Gasteiger partial charge in [0.2, 0.25) is 0 Å². The lowest BCUT2D eigenvalue weighted by Crippen LogP contribution is -2.27. The SMILES string of the molecule is CCC1=Nc2ccccc2N(C)C1. The maximum Gasteiger partial charge on any atom is 0.0863 e. The molecule has 68 valence electrons. The van der Waals surface area contributed by atoms with Crippen molar-refractivity contribution in [3.8, 4) is 0 Å². The Morgan fingerprint density at radius 2 is 2.15 bits per heavy atom. The van der Waals surface area contributed by atoms with E-state index < -0.39 is 0 Å².